The van der Waals surface area contributed by atoms with Crippen molar-refractivity contribution in [3.05, 3.63) is 59.7 Å². The average molecular weight is 419 g/mol. The normalized spacial score (nSPS) is 12.4. The maximum atomic E-state index is 12.5. The van der Waals surface area contributed by atoms with Gasteiger partial charge in [0, 0.05) is 18.8 Å². The van der Waals surface area contributed by atoms with Gasteiger partial charge >= 0.3 is 5.97 Å². The van der Waals surface area contributed by atoms with E-state index >= 15 is 0 Å². The predicted molar refractivity (Wildman–Crippen MR) is 111 cm³/mol. The van der Waals surface area contributed by atoms with E-state index in [4.69, 9.17) is 4.74 Å². The first kappa shape index (κ1) is 22.6. The minimum absolute atomic E-state index is 0.1000. The predicted octanol–water partition coefficient (Wildman–Crippen LogP) is 3.21. The molecule has 0 aliphatic carbocycles. The zero-order chi connectivity index (χ0) is 21.6. The molecule has 0 saturated heterocycles. The first-order valence-electron chi connectivity index (χ1n) is 9.37. The Bertz CT molecular complexity index is 967. The molecule has 1 atom stereocenters. The number of nitrogens with zero attached hydrogens (tertiary/aromatic N) is 1. The number of carbonyl (C=O) groups is 2. The van der Waals surface area contributed by atoms with Crippen molar-refractivity contribution >= 4 is 27.6 Å². The third kappa shape index (κ3) is 5.65. The second-order valence-corrected chi connectivity index (χ2v) is 8.46. The third-order valence-corrected chi connectivity index (χ3v) is 6.44. The molecule has 2 aromatic rings. The van der Waals surface area contributed by atoms with Gasteiger partial charge in [-0.25, -0.2) is 13.2 Å². The van der Waals surface area contributed by atoms with Crippen LogP contribution >= 0.6 is 0 Å². The van der Waals surface area contributed by atoms with Crippen LogP contribution in [0.3, 0.4) is 0 Å². The van der Waals surface area contributed by atoms with Gasteiger partial charge in [-0.2, -0.15) is 4.31 Å². The summed E-state index contributed by atoms with van der Waals surface area (Å²) in [6.45, 7) is 7.61. The first-order chi connectivity index (χ1) is 13.7. The van der Waals surface area contributed by atoms with Crippen LogP contribution in [0.25, 0.3) is 0 Å². The van der Waals surface area contributed by atoms with Crippen LogP contribution in [0.5, 0.6) is 0 Å². The van der Waals surface area contributed by atoms with Gasteiger partial charge in [-0.3, -0.25) is 4.79 Å². The van der Waals surface area contributed by atoms with Crippen LogP contribution in [0.15, 0.2) is 53.4 Å². The molecule has 2 rings (SSSR count). The van der Waals surface area contributed by atoms with Crippen molar-refractivity contribution in [3.8, 4) is 0 Å². The lowest BCUT2D eigenvalue weighted by Gasteiger charge is -2.18. The summed E-state index contributed by atoms with van der Waals surface area (Å²) in [5, 5.41) is 2.69. The van der Waals surface area contributed by atoms with Crippen molar-refractivity contribution in [2.24, 2.45) is 0 Å². The number of sulfonamides is 1. The fraction of sp³-hybridized carbons (Fsp3) is 0.333. The lowest BCUT2D eigenvalue weighted by Crippen LogP contribution is -2.31. The summed E-state index contributed by atoms with van der Waals surface area (Å²) in [6.07, 6.45) is -1.01. The molecule has 0 aliphatic rings. The maximum absolute atomic E-state index is 12.5. The number of esters is 1. The number of anilines is 1. The minimum atomic E-state index is -3.60. The third-order valence-electron chi connectivity index (χ3n) is 4.37. The molecule has 0 radical (unpaired) electrons. The van der Waals surface area contributed by atoms with Gasteiger partial charge in [0.2, 0.25) is 10.0 Å². The van der Waals surface area contributed by atoms with Crippen LogP contribution in [0.2, 0.25) is 0 Å². The van der Waals surface area contributed by atoms with Gasteiger partial charge in [0.05, 0.1) is 10.5 Å². The second kappa shape index (κ2) is 9.67. The number of amides is 1. The van der Waals surface area contributed by atoms with Crippen LogP contribution in [0.4, 0.5) is 5.69 Å². The molecule has 0 spiro atoms. The molecule has 156 valence electrons. The van der Waals surface area contributed by atoms with Gasteiger partial charge < -0.3 is 10.1 Å². The fourth-order valence-corrected chi connectivity index (χ4v) is 4.18. The van der Waals surface area contributed by atoms with Gasteiger partial charge in [0.25, 0.3) is 5.91 Å². The van der Waals surface area contributed by atoms with Crippen molar-refractivity contribution in [1.29, 1.82) is 0 Å². The van der Waals surface area contributed by atoms with Crippen LogP contribution in [-0.4, -0.2) is 43.8 Å². The Labute approximate surface area is 171 Å². The number of hydrogen-bond acceptors (Lipinski definition) is 5. The van der Waals surface area contributed by atoms with Gasteiger partial charge in [-0.15, -0.1) is 0 Å². The zero-order valence-corrected chi connectivity index (χ0v) is 17.8. The quantitative estimate of drug-likeness (QED) is 0.665. The number of benzene rings is 2. The molecule has 1 N–H and O–H groups in total. The van der Waals surface area contributed by atoms with E-state index in [1.165, 1.54) is 35.5 Å². The Morgan fingerprint density at radius 2 is 1.69 bits per heavy atom. The number of hydrogen-bond donors (Lipinski definition) is 1. The highest BCUT2D eigenvalue weighted by atomic mass is 32.2. The first-order valence-corrected chi connectivity index (χ1v) is 10.8. The van der Waals surface area contributed by atoms with E-state index in [2.05, 4.69) is 5.32 Å². The molecule has 0 aromatic heterocycles. The molecule has 0 aliphatic heterocycles. The second-order valence-electron chi connectivity index (χ2n) is 6.52. The fourth-order valence-electron chi connectivity index (χ4n) is 2.72. The minimum Gasteiger partial charge on any atom is -0.449 e. The largest absolute Gasteiger partial charge is 0.449 e. The van der Waals surface area contributed by atoms with E-state index < -0.39 is 28.0 Å². The Morgan fingerprint density at radius 3 is 2.24 bits per heavy atom. The van der Waals surface area contributed by atoms with Crippen LogP contribution in [0.1, 0.15) is 36.7 Å². The van der Waals surface area contributed by atoms with Crippen molar-refractivity contribution in [2.75, 3.05) is 18.4 Å². The van der Waals surface area contributed by atoms with E-state index in [1.54, 1.807) is 19.9 Å². The maximum Gasteiger partial charge on any atom is 0.338 e. The topological polar surface area (TPSA) is 92.8 Å². The summed E-state index contributed by atoms with van der Waals surface area (Å²) >= 11 is 0. The molecule has 0 unspecified atom stereocenters. The summed E-state index contributed by atoms with van der Waals surface area (Å²) in [5.74, 6) is -1.16. The lowest BCUT2D eigenvalue weighted by molar-refractivity contribution is -0.123. The summed E-state index contributed by atoms with van der Waals surface area (Å²) in [7, 11) is -3.60. The van der Waals surface area contributed by atoms with E-state index in [-0.39, 0.29) is 10.5 Å². The monoisotopic (exact) mass is 418 g/mol. The summed E-state index contributed by atoms with van der Waals surface area (Å²) in [4.78, 5) is 24.7. The number of nitrogens with one attached hydrogen (secondary N) is 1. The van der Waals surface area contributed by atoms with E-state index in [0.717, 1.165) is 5.56 Å². The summed E-state index contributed by atoms with van der Waals surface area (Å²) in [5.41, 5.74) is 1.77. The molecule has 2 aromatic carbocycles. The Morgan fingerprint density at radius 1 is 1.07 bits per heavy atom. The van der Waals surface area contributed by atoms with Crippen molar-refractivity contribution in [1.82, 2.24) is 4.31 Å². The molecule has 0 saturated carbocycles. The molecule has 0 heterocycles. The molecule has 29 heavy (non-hydrogen) atoms. The Kier molecular flexibility index (Phi) is 7.53. The van der Waals surface area contributed by atoms with Crippen LogP contribution in [-0.2, 0) is 19.6 Å². The smallest absolute Gasteiger partial charge is 0.338 e. The SMILES string of the molecule is CCN(CC)S(=O)(=O)c1ccc(C(=O)O[C@H](C)C(=O)Nc2cccc(C)c2)cc1. The highest BCUT2D eigenvalue weighted by Crippen LogP contribution is 2.17. The van der Waals surface area contributed by atoms with Gasteiger partial charge in [-0.1, -0.05) is 26.0 Å². The van der Waals surface area contributed by atoms with Crippen LogP contribution in [0, 0.1) is 6.92 Å². The highest BCUT2D eigenvalue weighted by Gasteiger charge is 2.23. The Hall–Kier alpha value is -2.71. The van der Waals surface area contributed by atoms with Gasteiger partial charge in [0.1, 0.15) is 0 Å². The summed E-state index contributed by atoms with van der Waals surface area (Å²) in [6, 6.07) is 12.8. The number of carbonyl (C=O) groups excluding carboxylic acids is 2. The number of ether oxygens (including phenoxy) is 1. The highest BCUT2D eigenvalue weighted by molar-refractivity contribution is 7.89. The molecule has 8 heteroatoms. The van der Waals surface area contributed by atoms with E-state index in [1.807, 2.05) is 25.1 Å². The van der Waals surface area contributed by atoms with E-state index in [9.17, 15) is 18.0 Å². The van der Waals surface area contributed by atoms with Gasteiger partial charge in [0.15, 0.2) is 6.10 Å². The molecule has 0 fully saturated rings. The molecule has 7 nitrogen and oxygen atoms in total. The Balaban J connectivity index is 2.04. The molecule has 0 bridgehead atoms. The average Bonchev–Trinajstić information content (AvgIpc) is 2.68. The molecule has 1 amide bonds. The molecular weight excluding hydrogens is 392 g/mol. The van der Waals surface area contributed by atoms with Crippen molar-refractivity contribution in [2.45, 2.75) is 38.7 Å². The van der Waals surface area contributed by atoms with E-state index in [0.29, 0.717) is 18.8 Å². The standard InChI is InChI=1S/C21H26N2O5S/c1-5-23(6-2)29(26,27)19-12-10-17(11-13-19)21(25)28-16(4)20(24)22-18-9-7-8-15(3)14-18/h7-14,16H,5-6H2,1-4H3,(H,22,24)/t16-/m1/s1. The lowest BCUT2D eigenvalue weighted by atomic mass is 10.2. The summed E-state index contributed by atoms with van der Waals surface area (Å²) < 4.78 is 31.5. The van der Waals surface area contributed by atoms with Crippen molar-refractivity contribution < 1.29 is 22.7 Å². The van der Waals surface area contributed by atoms with Crippen molar-refractivity contribution in [3.63, 3.8) is 0 Å². The zero-order valence-electron chi connectivity index (χ0n) is 17.0. The number of rotatable bonds is 8. The molecular formula is C21H26N2O5S. The number of aryl methyl sites for hydroxylation is 1. The van der Waals surface area contributed by atoms with Gasteiger partial charge in [-0.05, 0) is 55.8 Å². The van der Waals surface area contributed by atoms with Crippen LogP contribution < -0.4 is 5.32 Å².